The van der Waals surface area contributed by atoms with Crippen LogP contribution in [-0.4, -0.2) is 47.9 Å². The van der Waals surface area contributed by atoms with E-state index in [2.05, 4.69) is 38.6 Å². The van der Waals surface area contributed by atoms with Crippen molar-refractivity contribution in [3.8, 4) is 30.0 Å². The van der Waals surface area contributed by atoms with Crippen LogP contribution < -0.4 is 9.64 Å². The highest BCUT2D eigenvalue weighted by molar-refractivity contribution is 5.69. The van der Waals surface area contributed by atoms with E-state index in [0.717, 1.165) is 53.4 Å². The number of hydrogen-bond acceptors (Lipinski definition) is 6. The van der Waals surface area contributed by atoms with E-state index >= 15 is 0 Å². The van der Waals surface area contributed by atoms with Gasteiger partial charge < -0.3 is 14.7 Å². The van der Waals surface area contributed by atoms with Gasteiger partial charge in [-0.15, -0.1) is 12.8 Å². The number of methoxy groups -OCH3 is 1. The third kappa shape index (κ3) is 7.64. The molecule has 0 fully saturated rings. The predicted octanol–water partition coefficient (Wildman–Crippen LogP) is 4.64. The fourth-order valence-electron chi connectivity index (χ4n) is 2.69. The van der Waals surface area contributed by atoms with Crippen LogP contribution in [0.15, 0.2) is 12.1 Å². The van der Waals surface area contributed by atoms with Gasteiger partial charge in [-0.1, -0.05) is 34.1 Å². The highest BCUT2D eigenvalue weighted by atomic mass is 16.5. The van der Waals surface area contributed by atoms with Crippen LogP contribution in [0.2, 0.25) is 0 Å². The first-order valence-corrected chi connectivity index (χ1v) is 10.3. The van der Waals surface area contributed by atoms with Gasteiger partial charge >= 0.3 is 0 Å². The van der Waals surface area contributed by atoms with Crippen LogP contribution in [0.25, 0.3) is 11.3 Å². The lowest BCUT2D eigenvalue weighted by atomic mass is 10.1. The number of nitrogens with zero attached hydrogens (tertiary/aromatic N) is 4. The van der Waals surface area contributed by atoms with Crippen molar-refractivity contribution in [2.45, 2.75) is 59.8 Å². The van der Waals surface area contributed by atoms with Gasteiger partial charge in [0.1, 0.15) is 0 Å². The molecule has 1 N–H and O–H groups in total. The zero-order valence-electron chi connectivity index (χ0n) is 19.9. The summed E-state index contributed by atoms with van der Waals surface area (Å²) in [5.41, 5.74) is 4.67. The molecule has 6 nitrogen and oxygen atoms in total. The number of rotatable bonds is 7. The van der Waals surface area contributed by atoms with Gasteiger partial charge in [0.2, 0.25) is 5.88 Å². The Morgan fingerprint density at radius 3 is 2.10 bits per heavy atom. The SMILES string of the molecule is C#C.CCCO.CCCc1nc(C)c(-c2ccc(C(C)C)nc2OC)nc1N(C)C. The molecule has 0 saturated carbocycles. The molecule has 0 amide bonds. The van der Waals surface area contributed by atoms with Gasteiger partial charge in [0.15, 0.2) is 5.82 Å². The number of anilines is 1. The third-order valence-corrected chi connectivity index (χ3v) is 4.18. The monoisotopic (exact) mass is 414 g/mol. The summed E-state index contributed by atoms with van der Waals surface area (Å²) >= 11 is 0. The van der Waals surface area contributed by atoms with Crippen LogP contribution >= 0.6 is 0 Å². The van der Waals surface area contributed by atoms with Crippen molar-refractivity contribution in [2.75, 3.05) is 32.7 Å². The second-order valence-corrected chi connectivity index (χ2v) is 7.24. The smallest absolute Gasteiger partial charge is 0.222 e. The number of aliphatic hydroxyl groups excluding tert-OH is 1. The van der Waals surface area contributed by atoms with Gasteiger partial charge in [0, 0.05) is 26.4 Å². The molecule has 0 bridgehead atoms. The maximum Gasteiger partial charge on any atom is 0.222 e. The molecule has 2 rings (SSSR count). The zero-order valence-corrected chi connectivity index (χ0v) is 19.9. The molecule has 30 heavy (non-hydrogen) atoms. The van der Waals surface area contributed by atoms with Gasteiger partial charge in [-0.25, -0.2) is 9.97 Å². The molecule has 0 aliphatic carbocycles. The highest BCUT2D eigenvalue weighted by Gasteiger charge is 2.18. The van der Waals surface area contributed by atoms with Crippen LogP contribution in [-0.2, 0) is 6.42 Å². The minimum absolute atomic E-state index is 0.319. The van der Waals surface area contributed by atoms with E-state index in [1.807, 2.05) is 45.0 Å². The van der Waals surface area contributed by atoms with E-state index in [9.17, 15) is 0 Å². The number of hydrogen-bond donors (Lipinski definition) is 1. The Morgan fingerprint density at radius 2 is 1.67 bits per heavy atom. The summed E-state index contributed by atoms with van der Waals surface area (Å²) in [6.07, 6.45) is 10.8. The van der Waals surface area contributed by atoms with Crippen LogP contribution in [0.4, 0.5) is 5.82 Å². The summed E-state index contributed by atoms with van der Waals surface area (Å²) in [7, 11) is 5.65. The molecule has 0 radical (unpaired) electrons. The average molecular weight is 415 g/mol. The maximum atomic E-state index is 7.88. The molecule has 2 aromatic heterocycles. The number of ether oxygens (including phenoxy) is 1. The molecule has 0 aliphatic rings. The van der Waals surface area contributed by atoms with E-state index in [4.69, 9.17) is 19.8 Å². The third-order valence-electron chi connectivity index (χ3n) is 4.18. The molecule has 2 heterocycles. The Kier molecular flexibility index (Phi) is 13.1. The number of pyridine rings is 1. The fraction of sp³-hybridized carbons (Fsp3) is 0.542. The van der Waals surface area contributed by atoms with E-state index in [1.165, 1.54) is 0 Å². The normalized spacial score (nSPS) is 9.87. The van der Waals surface area contributed by atoms with Crippen LogP contribution in [0.5, 0.6) is 5.88 Å². The molecule has 0 unspecified atom stereocenters. The number of aromatic nitrogens is 3. The van der Waals surface area contributed by atoms with E-state index in [-0.39, 0.29) is 0 Å². The first-order chi connectivity index (χ1) is 14.3. The quantitative estimate of drug-likeness (QED) is 0.666. The summed E-state index contributed by atoms with van der Waals surface area (Å²) in [5, 5.41) is 7.88. The average Bonchev–Trinajstić information content (AvgIpc) is 2.75. The zero-order chi connectivity index (χ0) is 23.3. The lowest BCUT2D eigenvalue weighted by molar-refractivity contribution is 0.295. The summed E-state index contributed by atoms with van der Waals surface area (Å²) in [6, 6.07) is 4.08. The standard InChI is InChI=1S/C19H28N4O.C3H8O.C2H2/c1-8-9-16-18(23(5)6)22-17(13(4)20-16)14-10-11-15(12(2)3)21-19(14)24-7;1-2-3-4;1-2/h10-12H,8-9H2,1-7H3;4H,2-3H2,1H3;1-2H. The first kappa shape index (κ1) is 27.4. The van der Waals surface area contributed by atoms with Crippen molar-refractivity contribution in [1.82, 2.24) is 15.0 Å². The Labute approximate surface area is 182 Å². The molecule has 6 heteroatoms. The Balaban J connectivity index is 0.00000125. The first-order valence-electron chi connectivity index (χ1n) is 10.3. The molecule has 0 aromatic carbocycles. The number of aliphatic hydroxyl groups is 1. The van der Waals surface area contributed by atoms with Gasteiger partial charge in [0.05, 0.1) is 29.8 Å². The van der Waals surface area contributed by atoms with E-state index in [1.54, 1.807) is 7.11 Å². The lowest BCUT2D eigenvalue weighted by Gasteiger charge is -2.19. The molecule has 0 atom stereocenters. The van der Waals surface area contributed by atoms with Crippen LogP contribution in [0.3, 0.4) is 0 Å². The minimum atomic E-state index is 0.319. The van der Waals surface area contributed by atoms with Gasteiger partial charge in [-0.3, -0.25) is 4.98 Å². The number of terminal acetylenes is 1. The molecular weight excluding hydrogens is 376 g/mol. The second kappa shape index (κ2) is 14.4. The number of aryl methyl sites for hydroxylation is 2. The van der Waals surface area contributed by atoms with Crippen molar-refractivity contribution in [3.63, 3.8) is 0 Å². The van der Waals surface area contributed by atoms with Gasteiger partial charge in [-0.05, 0) is 37.8 Å². The van der Waals surface area contributed by atoms with E-state index in [0.29, 0.717) is 18.4 Å². The molecular formula is C24H38N4O2. The lowest BCUT2D eigenvalue weighted by Crippen LogP contribution is -2.16. The van der Waals surface area contributed by atoms with Crippen LogP contribution in [0.1, 0.15) is 63.5 Å². The van der Waals surface area contributed by atoms with Crippen molar-refractivity contribution in [2.24, 2.45) is 0 Å². The fourth-order valence-corrected chi connectivity index (χ4v) is 2.69. The molecule has 0 spiro atoms. The molecule has 166 valence electrons. The minimum Gasteiger partial charge on any atom is -0.480 e. The molecule has 0 saturated heterocycles. The highest BCUT2D eigenvalue weighted by Crippen LogP contribution is 2.32. The summed E-state index contributed by atoms with van der Waals surface area (Å²) < 4.78 is 5.53. The van der Waals surface area contributed by atoms with Crippen molar-refractivity contribution in [1.29, 1.82) is 0 Å². The maximum absolute atomic E-state index is 7.88. The van der Waals surface area contributed by atoms with Crippen molar-refractivity contribution in [3.05, 3.63) is 29.2 Å². The molecule has 0 aliphatic heterocycles. The second-order valence-electron chi connectivity index (χ2n) is 7.24. The predicted molar refractivity (Wildman–Crippen MR) is 126 cm³/mol. The van der Waals surface area contributed by atoms with Crippen molar-refractivity contribution >= 4 is 5.82 Å². The van der Waals surface area contributed by atoms with Gasteiger partial charge in [-0.2, -0.15) is 0 Å². The Morgan fingerprint density at radius 1 is 1.07 bits per heavy atom. The topological polar surface area (TPSA) is 71.4 Å². The summed E-state index contributed by atoms with van der Waals surface area (Å²) in [5.74, 6) is 1.86. The molecule has 2 aromatic rings. The van der Waals surface area contributed by atoms with Crippen molar-refractivity contribution < 1.29 is 9.84 Å². The largest absolute Gasteiger partial charge is 0.480 e. The summed E-state index contributed by atoms with van der Waals surface area (Å²) in [6.45, 7) is 10.6. The van der Waals surface area contributed by atoms with E-state index < -0.39 is 0 Å². The van der Waals surface area contributed by atoms with Crippen LogP contribution in [0, 0.1) is 19.8 Å². The Hall–Kier alpha value is -2.65. The Bertz CT molecular complexity index is 784. The van der Waals surface area contributed by atoms with Gasteiger partial charge in [0.25, 0.3) is 0 Å². The summed E-state index contributed by atoms with van der Waals surface area (Å²) in [4.78, 5) is 16.3.